The van der Waals surface area contributed by atoms with E-state index in [4.69, 9.17) is 4.99 Å². The fourth-order valence-corrected chi connectivity index (χ4v) is 3.70. The van der Waals surface area contributed by atoms with Crippen molar-refractivity contribution in [3.8, 4) is 0 Å². The van der Waals surface area contributed by atoms with Crippen molar-refractivity contribution in [2.24, 2.45) is 16.8 Å². The van der Waals surface area contributed by atoms with Crippen molar-refractivity contribution in [2.75, 3.05) is 13.1 Å². The van der Waals surface area contributed by atoms with Crippen molar-refractivity contribution in [2.45, 2.75) is 67.2 Å². The number of rotatable bonds is 12. The maximum Gasteiger partial charge on any atom is 0.0704 e. The molecule has 2 aromatic carbocycles. The molecule has 0 saturated carbocycles. The molecule has 0 heterocycles. The molecule has 168 valence electrons. The minimum absolute atomic E-state index is 0.377. The topological polar surface area (TPSA) is 24.4 Å². The lowest BCUT2D eigenvalue weighted by atomic mass is 9.96. The molecular formula is C29H42N2. The molecule has 2 rings (SSSR count). The molecule has 2 atom stereocenters. The Morgan fingerprint density at radius 1 is 1.03 bits per heavy atom. The quantitative estimate of drug-likeness (QED) is 0.276. The lowest BCUT2D eigenvalue weighted by molar-refractivity contribution is 0.479. The fraction of sp³-hybridized carbons (Fsp3) is 0.483. The van der Waals surface area contributed by atoms with E-state index in [2.05, 4.69) is 101 Å². The van der Waals surface area contributed by atoms with E-state index in [9.17, 15) is 0 Å². The van der Waals surface area contributed by atoms with Crippen LogP contribution in [0, 0.1) is 18.8 Å². The Hall–Kier alpha value is -2.19. The summed E-state index contributed by atoms with van der Waals surface area (Å²) in [5.41, 5.74) is 7.50. The predicted molar refractivity (Wildman–Crippen MR) is 138 cm³/mol. The third-order valence-corrected chi connectivity index (χ3v) is 6.14. The Bertz CT molecular complexity index is 845. The van der Waals surface area contributed by atoms with Gasteiger partial charge in [0.1, 0.15) is 0 Å². The first-order chi connectivity index (χ1) is 14.9. The van der Waals surface area contributed by atoms with Crippen LogP contribution in [0.2, 0.25) is 0 Å². The molecule has 31 heavy (non-hydrogen) atoms. The van der Waals surface area contributed by atoms with Gasteiger partial charge in [0.15, 0.2) is 0 Å². The van der Waals surface area contributed by atoms with Crippen molar-refractivity contribution in [1.82, 2.24) is 5.32 Å². The number of hydrogen-bond donors (Lipinski definition) is 1. The normalized spacial score (nSPS) is 14.5. The second-order valence-corrected chi connectivity index (χ2v) is 8.99. The van der Waals surface area contributed by atoms with Crippen molar-refractivity contribution in [1.29, 1.82) is 0 Å². The minimum Gasteiger partial charge on any atom is -0.316 e. The van der Waals surface area contributed by atoms with Crippen molar-refractivity contribution in [3.63, 3.8) is 0 Å². The molecule has 0 saturated heterocycles. The maximum atomic E-state index is 5.25. The molecule has 0 aromatic heterocycles. The van der Waals surface area contributed by atoms with Crippen LogP contribution >= 0.6 is 0 Å². The molecule has 2 unspecified atom stereocenters. The van der Waals surface area contributed by atoms with E-state index < -0.39 is 0 Å². The van der Waals surface area contributed by atoms with Gasteiger partial charge in [0.2, 0.25) is 0 Å². The predicted octanol–water partition coefficient (Wildman–Crippen LogP) is 7.79. The first kappa shape index (κ1) is 25.1. The van der Waals surface area contributed by atoms with E-state index in [1.165, 1.54) is 40.8 Å². The minimum atomic E-state index is 0.377. The lowest BCUT2D eigenvalue weighted by Gasteiger charge is -2.18. The molecule has 0 fully saturated rings. The summed E-state index contributed by atoms with van der Waals surface area (Å²) < 4.78 is 0. The average Bonchev–Trinajstić information content (AvgIpc) is 2.77. The van der Waals surface area contributed by atoms with E-state index in [1.807, 2.05) is 0 Å². The van der Waals surface area contributed by atoms with Gasteiger partial charge in [-0.1, -0.05) is 88.2 Å². The second-order valence-electron chi connectivity index (χ2n) is 8.99. The molecular weight excluding hydrogens is 376 g/mol. The third-order valence-electron chi connectivity index (χ3n) is 6.14. The highest BCUT2D eigenvalue weighted by Gasteiger charge is 2.14. The largest absolute Gasteiger partial charge is 0.316 e. The third kappa shape index (κ3) is 8.45. The molecule has 0 bridgehead atoms. The zero-order chi connectivity index (χ0) is 22.6. The maximum absolute atomic E-state index is 5.25. The molecule has 0 aliphatic carbocycles. The Morgan fingerprint density at radius 3 is 2.42 bits per heavy atom. The molecule has 0 aliphatic heterocycles. The molecule has 0 amide bonds. The fourth-order valence-electron chi connectivity index (χ4n) is 3.70. The first-order valence-corrected chi connectivity index (χ1v) is 12.0. The van der Waals surface area contributed by atoms with E-state index in [1.54, 1.807) is 0 Å². The van der Waals surface area contributed by atoms with Crippen LogP contribution < -0.4 is 5.32 Å². The number of hydrogen-bond acceptors (Lipinski definition) is 2. The summed E-state index contributed by atoms with van der Waals surface area (Å²) >= 11 is 0. The molecule has 0 spiro atoms. The molecule has 0 radical (unpaired) electrons. The summed E-state index contributed by atoms with van der Waals surface area (Å²) in [6.07, 6.45) is 6.69. The number of nitrogens with one attached hydrogen (secondary N) is 1. The summed E-state index contributed by atoms with van der Waals surface area (Å²) in [4.78, 5) is 5.25. The van der Waals surface area contributed by atoms with Gasteiger partial charge in [0.25, 0.3) is 0 Å². The number of para-hydroxylation sites is 1. The molecule has 1 N–H and O–H groups in total. The highest BCUT2D eigenvalue weighted by molar-refractivity contribution is 5.92. The zero-order valence-electron chi connectivity index (χ0n) is 20.5. The summed E-state index contributed by atoms with van der Waals surface area (Å²) in [5.74, 6) is 1.16. The van der Waals surface area contributed by atoms with Crippen LogP contribution in [0.1, 0.15) is 70.6 Å². The van der Waals surface area contributed by atoms with Crippen LogP contribution in [0.4, 0.5) is 5.69 Å². The smallest absolute Gasteiger partial charge is 0.0704 e. The Kier molecular flexibility index (Phi) is 10.7. The van der Waals surface area contributed by atoms with Gasteiger partial charge in [-0.25, -0.2) is 0 Å². The van der Waals surface area contributed by atoms with Crippen LogP contribution in [0.15, 0.2) is 59.6 Å². The van der Waals surface area contributed by atoms with Crippen LogP contribution in [0.3, 0.4) is 0 Å². The summed E-state index contributed by atoms with van der Waals surface area (Å²) in [6.45, 7) is 15.5. The van der Waals surface area contributed by atoms with Gasteiger partial charge in [-0.3, -0.25) is 4.99 Å². The number of allylic oxidation sites excluding steroid dienone is 2. The highest BCUT2D eigenvalue weighted by Crippen LogP contribution is 2.27. The zero-order valence-corrected chi connectivity index (χ0v) is 20.5. The van der Waals surface area contributed by atoms with Gasteiger partial charge in [0.05, 0.1) is 5.69 Å². The Morgan fingerprint density at radius 2 is 1.74 bits per heavy atom. The monoisotopic (exact) mass is 418 g/mol. The number of aryl methyl sites for hydroxylation is 1. The van der Waals surface area contributed by atoms with E-state index in [0.29, 0.717) is 5.92 Å². The van der Waals surface area contributed by atoms with E-state index >= 15 is 0 Å². The number of nitrogens with zero attached hydrogens (tertiary/aromatic N) is 1. The molecule has 0 aliphatic rings. The summed E-state index contributed by atoms with van der Waals surface area (Å²) in [5, 5.41) is 3.68. The van der Waals surface area contributed by atoms with Crippen LogP contribution in [-0.4, -0.2) is 18.8 Å². The van der Waals surface area contributed by atoms with E-state index in [-0.39, 0.29) is 0 Å². The van der Waals surface area contributed by atoms with Crippen LogP contribution in [0.5, 0.6) is 0 Å². The Balaban J connectivity index is 2.27. The van der Waals surface area contributed by atoms with Gasteiger partial charge in [-0.2, -0.15) is 0 Å². The number of benzene rings is 2. The summed E-state index contributed by atoms with van der Waals surface area (Å²) in [6, 6.07) is 17.4. The van der Waals surface area contributed by atoms with Crippen molar-refractivity contribution in [3.05, 3.63) is 71.3 Å². The SMILES string of the molecule is CC/C=C(/C)c1ccccc1N=C(Cc1ccc(C)cc1)C(C)CNCCC(C)CC. The second kappa shape index (κ2) is 13.3. The standard InChI is InChI=1S/C29H42N2/c1-7-11-24(5)27-12-9-10-13-28(27)31-29(20-26-16-14-23(4)15-17-26)25(6)21-30-19-18-22(3)8-2/h9-17,22,25,30H,7-8,18-21H2,1-6H3/b24-11-,31-29?. The van der Waals surface area contributed by atoms with Gasteiger partial charge in [0, 0.05) is 30.2 Å². The highest BCUT2D eigenvalue weighted by atomic mass is 14.9. The Labute approximate surface area is 190 Å². The van der Waals surface area contributed by atoms with Gasteiger partial charge in [-0.15, -0.1) is 0 Å². The first-order valence-electron chi connectivity index (χ1n) is 12.0. The van der Waals surface area contributed by atoms with Gasteiger partial charge >= 0.3 is 0 Å². The molecule has 2 aromatic rings. The lowest BCUT2D eigenvalue weighted by Crippen LogP contribution is -2.29. The van der Waals surface area contributed by atoms with E-state index in [0.717, 1.165) is 37.5 Å². The molecule has 2 heteroatoms. The van der Waals surface area contributed by atoms with Gasteiger partial charge < -0.3 is 5.32 Å². The van der Waals surface area contributed by atoms with Crippen LogP contribution in [-0.2, 0) is 6.42 Å². The average molecular weight is 419 g/mol. The van der Waals surface area contributed by atoms with Crippen molar-refractivity contribution < 1.29 is 0 Å². The van der Waals surface area contributed by atoms with Gasteiger partial charge in [-0.05, 0) is 56.4 Å². The number of aliphatic imine (C=N–C) groups is 1. The van der Waals surface area contributed by atoms with Crippen LogP contribution in [0.25, 0.3) is 5.57 Å². The summed E-state index contributed by atoms with van der Waals surface area (Å²) in [7, 11) is 0. The molecule has 2 nitrogen and oxygen atoms in total. The van der Waals surface area contributed by atoms with Crippen molar-refractivity contribution >= 4 is 17.0 Å².